The Bertz CT molecular complexity index is 1840. The maximum absolute atomic E-state index is 14.5. The van der Waals surface area contributed by atoms with Crippen LogP contribution in [-0.2, 0) is 23.9 Å². The molecule has 2 N–H and O–H groups in total. The molecular formula is C40H48N4O8. The lowest BCUT2D eigenvalue weighted by atomic mass is 10.0. The molecule has 1 aliphatic carbocycles. The highest BCUT2D eigenvalue weighted by Gasteiger charge is 2.62. The number of benzene rings is 2. The number of allylic oxidation sites excluding steroid dienone is 1. The monoisotopic (exact) mass is 712 g/mol. The number of esters is 1. The van der Waals surface area contributed by atoms with Crippen LogP contribution in [0.15, 0.2) is 66.7 Å². The van der Waals surface area contributed by atoms with Gasteiger partial charge in [0.1, 0.15) is 40.8 Å². The summed E-state index contributed by atoms with van der Waals surface area (Å²) in [5, 5.41) is 6.50. The van der Waals surface area contributed by atoms with E-state index in [1.807, 2.05) is 66.7 Å². The number of rotatable bonds is 6. The van der Waals surface area contributed by atoms with E-state index in [-0.39, 0.29) is 18.9 Å². The summed E-state index contributed by atoms with van der Waals surface area (Å²) in [5.74, 6) is -0.472. The van der Waals surface area contributed by atoms with E-state index in [0.717, 1.165) is 30.2 Å². The maximum Gasteiger partial charge on any atom is 0.408 e. The first-order valence-electron chi connectivity index (χ1n) is 18.0. The summed E-state index contributed by atoms with van der Waals surface area (Å²) in [6.07, 6.45) is 6.76. The molecule has 12 heteroatoms. The van der Waals surface area contributed by atoms with Gasteiger partial charge >= 0.3 is 12.1 Å². The van der Waals surface area contributed by atoms with Crippen molar-refractivity contribution < 1.29 is 38.1 Å². The summed E-state index contributed by atoms with van der Waals surface area (Å²) >= 11 is 0. The van der Waals surface area contributed by atoms with Gasteiger partial charge in [-0.25, -0.2) is 14.6 Å². The fraction of sp³-hybridized carbons (Fsp3) is 0.475. The minimum absolute atomic E-state index is 0.0681. The first-order valence-corrected chi connectivity index (χ1v) is 18.0. The number of hydrogen-bond acceptors (Lipinski definition) is 9. The van der Waals surface area contributed by atoms with Crippen molar-refractivity contribution in [3.8, 4) is 22.8 Å². The Morgan fingerprint density at radius 3 is 2.54 bits per heavy atom. The fourth-order valence-corrected chi connectivity index (χ4v) is 7.10. The molecule has 1 saturated carbocycles. The van der Waals surface area contributed by atoms with Crippen molar-refractivity contribution >= 4 is 34.8 Å². The number of nitrogens with one attached hydrogen (secondary N) is 2. The Hall–Kier alpha value is -5.13. The van der Waals surface area contributed by atoms with Gasteiger partial charge in [-0.05, 0) is 58.6 Å². The lowest BCUT2D eigenvalue weighted by molar-refractivity contribution is -0.148. The zero-order chi connectivity index (χ0) is 37.0. The molecule has 2 aliphatic heterocycles. The van der Waals surface area contributed by atoms with Gasteiger partial charge in [-0.15, -0.1) is 0 Å². The quantitative estimate of drug-likeness (QED) is 0.242. The third kappa shape index (κ3) is 8.16. The van der Waals surface area contributed by atoms with Gasteiger partial charge < -0.3 is 34.5 Å². The average Bonchev–Trinajstić information content (AvgIpc) is 3.65. The first-order chi connectivity index (χ1) is 24.9. The Morgan fingerprint density at radius 1 is 1.02 bits per heavy atom. The van der Waals surface area contributed by atoms with E-state index in [1.165, 1.54) is 12.0 Å². The van der Waals surface area contributed by atoms with Crippen LogP contribution in [0.25, 0.3) is 22.2 Å². The predicted molar refractivity (Wildman–Crippen MR) is 195 cm³/mol. The van der Waals surface area contributed by atoms with Crippen LogP contribution in [0.2, 0.25) is 0 Å². The molecule has 0 unspecified atom stereocenters. The number of methoxy groups -OCH3 is 2. The van der Waals surface area contributed by atoms with Crippen molar-refractivity contribution in [1.82, 2.24) is 20.5 Å². The highest BCUT2D eigenvalue weighted by molar-refractivity contribution is 5.96. The summed E-state index contributed by atoms with van der Waals surface area (Å²) in [4.78, 5) is 61.2. The number of carbonyl (C=O) groups is 4. The molecule has 12 nitrogen and oxygen atoms in total. The number of amides is 3. The lowest BCUT2D eigenvalue weighted by Gasteiger charge is -2.30. The van der Waals surface area contributed by atoms with Crippen LogP contribution in [0.4, 0.5) is 4.79 Å². The molecular weight excluding hydrogens is 664 g/mol. The van der Waals surface area contributed by atoms with E-state index in [9.17, 15) is 19.2 Å². The van der Waals surface area contributed by atoms with Gasteiger partial charge in [0.15, 0.2) is 0 Å². The summed E-state index contributed by atoms with van der Waals surface area (Å²) in [6, 6.07) is 15.2. The van der Waals surface area contributed by atoms with E-state index >= 15 is 0 Å². The molecule has 1 saturated heterocycles. The summed E-state index contributed by atoms with van der Waals surface area (Å²) in [5.41, 5.74) is 0.255. The SMILES string of the molecule is COC(=O)[C@@]12C[C@H]1/C=C\CCCCC[C@H](NC(=O)OC(C)(C)C)C(=O)N1C[C@H](Oc3cc(-c4ccccc4)nc4cc(OC)ccc34)C[C@H]1C(=O)N2. The molecule has 0 spiro atoms. The summed E-state index contributed by atoms with van der Waals surface area (Å²) in [7, 11) is 2.90. The van der Waals surface area contributed by atoms with Crippen molar-refractivity contribution in [3.05, 3.63) is 66.7 Å². The van der Waals surface area contributed by atoms with Crippen molar-refractivity contribution in [2.45, 2.75) is 95.0 Å². The van der Waals surface area contributed by atoms with Gasteiger partial charge in [0.25, 0.3) is 0 Å². The van der Waals surface area contributed by atoms with E-state index in [4.69, 9.17) is 23.9 Å². The molecule has 2 fully saturated rings. The molecule has 3 heterocycles. The maximum atomic E-state index is 14.5. The van der Waals surface area contributed by atoms with Gasteiger partial charge in [-0.1, -0.05) is 55.3 Å². The van der Waals surface area contributed by atoms with Crippen LogP contribution in [0, 0.1) is 5.92 Å². The van der Waals surface area contributed by atoms with Gasteiger partial charge in [-0.3, -0.25) is 9.59 Å². The number of fused-ring (bicyclic) bond motifs is 3. The molecule has 6 rings (SSSR count). The molecule has 0 radical (unpaired) electrons. The Labute approximate surface area is 304 Å². The molecule has 3 amide bonds. The van der Waals surface area contributed by atoms with Crippen molar-refractivity contribution in [2.24, 2.45) is 5.92 Å². The van der Waals surface area contributed by atoms with Crippen LogP contribution in [0.3, 0.4) is 0 Å². The minimum Gasteiger partial charge on any atom is -0.497 e. The van der Waals surface area contributed by atoms with Crippen LogP contribution in [0.5, 0.6) is 11.5 Å². The zero-order valence-corrected chi connectivity index (χ0v) is 30.5. The van der Waals surface area contributed by atoms with E-state index in [0.29, 0.717) is 42.0 Å². The molecule has 2 aromatic carbocycles. The van der Waals surface area contributed by atoms with E-state index < -0.39 is 53.2 Å². The highest BCUT2D eigenvalue weighted by Crippen LogP contribution is 2.46. The first kappa shape index (κ1) is 36.7. The second-order valence-corrected chi connectivity index (χ2v) is 14.8. The van der Waals surface area contributed by atoms with Crippen molar-refractivity contribution in [1.29, 1.82) is 0 Å². The Balaban J connectivity index is 1.35. The Morgan fingerprint density at radius 2 is 1.81 bits per heavy atom. The smallest absolute Gasteiger partial charge is 0.408 e. The highest BCUT2D eigenvalue weighted by atomic mass is 16.6. The third-order valence-electron chi connectivity index (χ3n) is 9.82. The number of aromatic nitrogens is 1. The molecule has 52 heavy (non-hydrogen) atoms. The number of ether oxygens (including phenoxy) is 4. The number of nitrogens with zero attached hydrogens (tertiary/aromatic N) is 2. The molecule has 5 atom stereocenters. The standard InChI is InChI=1S/C40H48N4O8/c1-39(2,3)52-38(48)42-30-17-13-8-6-7-12-16-26-23-40(26,37(47)50-5)43-35(45)33-21-28(24-44(33)36(30)46)51-34-22-31(25-14-10-9-11-15-25)41-32-20-27(49-4)18-19-29(32)34/h9-12,14-16,18-20,22,26,28,30,33H,6-8,13,17,21,23-24H2,1-5H3,(H,42,48)(H,43,45)/b16-12-/t26-,28-,30+,33+,40-/m1/s1. The molecule has 0 bridgehead atoms. The Kier molecular flexibility index (Phi) is 10.7. The average molecular weight is 713 g/mol. The number of carbonyl (C=O) groups excluding carboxylic acids is 4. The van der Waals surface area contributed by atoms with Gasteiger partial charge in [0.05, 0.1) is 32.0 Å². The summed E-state index contributed by atoms with van der Waals surface area (Å²) in [6.45, 7) is 5.33. The van der Waals surface area contributed by atoms with Crippen molar-refractivity contribution in [2.75, 3.05) is 20.8 Å². The number of pyridine rings is 1. The molecule has 3 aliphatic rings. The fourth-order valence-electron chi connectivity index (χ4n) is 7.10. The molecule has 276 valence electrons. The molecule has 1 aromatic heterocycles. The van der Waals surface area contributed by atoms with Crippen molar-refractivity contribution in [3.63, 3.8) is 0 Å². The van der Waals surface area contributed by atoms with Gasteiger partial charge in [-0.2, -0.15) is 0 Å². The van der Waals surface area contributed by atoms with E-state index in [1.54, 1.807) is 27.9 Å². The second kappa shape index (κ2) is 15.2. The topological polar surface area (TPSA) is 145 Å². The van der Waals surface area contributed by atoms with Crippen LogP contribution < -0.4 is 20.1 Å². The van der Waals surface area contributed by atoms with Crippen LogP contribution in [0.1, 0.15) is 65.7 Å². The number of alkyl carbamates (subject to hydrolysis) is 1. The number of hydrogen-bond donors (Lipinski definition) is 2. The van der Waals surface area contributed by atoms with Crippen LogP contribution in [-0.4, -0.2) is 83.9 Å². The molecule has 3 aromatic rings. The predicted octanol–water partition coefficient (Wildman–Crippen LogP) is 5.72. The largest absolute Gasteiger partial charge is 0.497 e. The van der Waals surface area contributed by atoms with Gasteiger partial charge in [0.2, 0.25) is 11.8 Å². The van der Waals surface area contributed by atoms with E-state index in [2.05, 4.69) is 10.6 Å². The minimum atomic E-state index is -1.21. The third-order valence-corrected chi connectivity index (χ3v) is 9.82. The zero-order valence-electron chi connectivity index (χ0n) is 30.5. The second-order valence-electron chi connectivity index (χ2n) is 14.8. The summed E-state index contributed by atoms with van der Waals surface area (Å²) < 4.78 is 22.8. The van der Waals surface area contributed by atoms with Crippen LogP contribution >= 0.6 is 0 Å². The van der Waals surface area contributed by atoms with Gasteiger partial charge in [0, 0.05) is 35.4 Å². The normalized spacial score (nSPS) is 25.8. The lowest BCUT2D eigenvalue weighted by Crippen LogP contribution is -2.56.